The van der Waals surface area contributed by atoms with Gasteiger partial charge in [-0.05, 0) is 43.0 Å². The Morgan fingerprint density at radius 3 is 2.47 bits per heavy atom. The molecular formula is C26H32N5O3-. The van der Waals surface area contributed by atoms with Gasteiger partial charge < -0.3 is 25.1 Å². The second-order valence-electron chi connectivity index (χ2n) is 9.56. The van der Waals surface area contributed by atoms with Gasteiger partial charge in [-0.15, -0.1) is 0 Å². The summed E-state index contributed by atoms with van der Waals surface area (Å²) in [4.78, 5) is 31.2. The number of hydrogen-bond acceptors (Lipinski definition) is 6. The minimum atomic E-state index is -1.04. The first kappa shape index (κ1) is 22.5. The molecule has 0 bridgehead atoms. The van der Waals surface area contributed by atoms with Crippen LogP contribution < -0.4 is 21.0 Å². The average Bonchev–Trinajstić information content (AvgIpc) is 3.14. The van der Waals surface area contributed by atoms with Crippen molar-refractivity contribution in [3.63, 3.8) is 0 Å². The molecule has 180 valence electrons. The molecule has 2 fully saturated rings. The summed E-state index contributed by atoms with van der Waals surface area (Å²) in [7, 11) is 0. The van der Waals surface area contributed by atoms with Crippen molar-refractivity contribution in [1.82, 2.24) is 14.5 Å². The van der Waals surface area contributed by atoms with Crippen LogP contribution in [0, 0.1) is 5.92 Å². The van der Waals surface area contributed by atoms with Gasteiger partial charge in [0.15, 0.2) is 0 Å². The summed E-state index contributed by atoms with van der Waals surface area (Å²) in [6.07, 6.45) is 6.14. The Morgan fingerprint density at radius 1 is 1.03 bits per heavy atom. The fourth-order valence-corrected chi connectivity index (χ4v) is 5.37. The van der Waals surface area contributed by atoms with Crippen molar-refractivity contribution in [3.8, 4) is 0 Å². The number of aliphatic carboxylic acids is 1. The van der Waals surface area contributed by atoms with Gasteiger partial charge in [0.2, 0.25) is 0 Å². The Balaban J connectivity index is 1.49. The van der Waals surface area contributed by atoms with E-state index in [4.69, 9.17) is 0 Å². The van der Waals surface area contributed by atoms with Crippen LogP contribution in [0.3, 0.4) is 0 Å². The van der Waals surface area contributed by atoms with Crippen LogP contribution in [0.2, 0.25) is 0 Å². The van der Waals surface area contributed by atoms with Gasteiger partial charge in [0.1, 0.15) is 0 Å². The molecule has 1 aromatic heterocycles. The van der Waals surface area contributed by atoms with Crippen molar-refractivity contribution < 1.29 is 9.90 Å². The maximum Gasteiger partial charge on any atom is 0.326 e. The van der Waals surface area contributed by atoms with Gasteiger partial charge in [-0.1, -0.05) is 37.5 Å². The molecule has 34 heavy (non-hydrogen) atoms. The number of hydrogen-bond donors (Lipinski definition) is 2. The molecule has 3 aromatic rings. The number of nitrogens with one attached hydrogen (secondary N) is 2. The van der Waals surface area contributed by atoms with Gasteiger partial charge >= 0.3 is 5.69 Å². The van der Waals surface area contributed by atoms with Gasteiger partial charge in [-0.25, -0.2) is 4.79 Å². The second kappa shape index (κ2) is 9.93. The molecule has 5 rings (SSSR count). The summed E-state index contributed by atoms with van der Waals surface area (Å²) in [6, 6.07) is 14.1. The highest BCUT2D eigenvalue weighted by molar-refractivity contribution is 5.90. The fourth-order valence-electron chi connectivity index (χ4n) is 5.37. The topological polar surface area (TPSA) is 96.4 Å². The van der Waals surface area contributed by atoms with Crippen molar-refractivity contribution >= 4 is 34.1 Å². The average molecular weight is 463 g/mol. The van der Waals surface area contributed by atoms with Crippen molar-refractivity contribution in [2.24, 2.45) is 5.92 Å². The van der Waals surface area contributed by atoms with Crippen LogP contribution >= 0.6 is 0 Å². The number of aromatic nitrogens is 2. The molecule has 0 atom stereocenters. The summed E-state index contributed by atoms with van der Waals surface area (Å²) in [5, 5.41) is 14.5. The van der Waals surface area contributed by atoms with E-state index in [1.165, 1.54) is 32.1 Å². The van der Waals surface area contributed by atoms with Gasteiger partial charge in [0.05, 0.1) is 28.4 Å². The van der Waals surface area contributed by atoms with Gasteiger partial charge in [0.25, 0.3) is 0 Å². The first-order valence-corrected chi connectivity index (χ1v) is 12.3. The fraction of sp³-hybridized carbons (Fsp3) is 0.462. The lowest BCUT2D eigenvalue weighted by Crippen LogP contribution is -2.50. The number of para-hydroxylation sites is 1. The van der Waals surface area contributed by atoms with Crippen LogP contribution in [-0.2, 0) is 11.3 Å². The number of anilines is 3. The standard InChI is InChI=1S/C26H33N5O3/c32-25(33)18-29-11-13-30(14-12-29)23-16-24-22(15-21(23)27-20-9-5-2-6-10-20)28-26(34)31(24)17-19-7-3-1-4-8-19/h2,5-6,9-10,15-16,19,27H,1,3-4,7-8,11-14,17-18H2,(H,28,34)(H,32,33)/p-1. The smallest absolute Gasteiger partial charge is 0.326 e. The summed E-state index contributed by atoms with van der Waals surface area (Å²) in [5.74, 6) is -0.496. The van der Waals surface area contributed by atoms with Crippen LogP contribution in [0.15, 0.2) is 47.3 Å². The number of benzene rings is 2. The van der Waals surface area contributed by atoms with Gasteiger partial charge in [-0.2, -0.15) is 0 Å². The maximum atomic E-state index is 12.9. The largest absolute Gasteiger partial charge is 0.549 e. The van der Waals surface area contributed by atoms with E-state index in [-0.39, 0.29) is 12.2 Å². The number of nitrogens with zero attached hydrogens (tertiary/aromatic N) is 3. The van der Waals surface area contributed by atoms with E-state index in [0.717, 1.165) is 34.6 Å². The normalized spacial score (nSPS) is 17.8. The Bertz CT molecular complexity index is 1190. The predicted octanol–water partition coefficient (Wildman–Crippen LogP) is 2.53. The van der Waals surface area contributed by atoms with Gasteiger partial charge in [0, 0.05) is 45.0 Å². The molecule has 2 aliphatic rings. The molecule has 8 heteroatoms. The highest BCUT2D eigenvalue weighted by atomic mass is 16.4. The van der Waals surface area contributed by atoms with E-state index in [0.29, 0.717) is 32.1 Å². The van der Waals surface area contributed by atoms with E-state index < -0.39 is 5.97 Å². The Morgan fingerprint density at radius 2 is 1.76 bits per heavy atom. The minimum Gasteiger partial charge on any atom is -0.549 e. The number of H-pyrrole nitrogens is 1. The van der Waals surface area contributed by atoms with Crippen LogP contribution in [0.25, 0.3) is 11.0 Å². The molecular weight excluding hydrogens is 430 g/mol. The SMILES string of the molecule is O=C([O-])CN1CCN(c2cc3c(cc2Nc2ccccc2)[nH]c(=O)n3CC2CCCCC2)CC1. The predicted molar refractivity (Wildman–Crippen MR) is 133 cm³/mol. The van der Waals surface area contributed by atoms with Crippen LogP contribution in [-0.4, -0.2) is 53.1 Å². The molecule has 2 aromatic carbocycles. The first-order chi connectivity index (χ1) is 16.6. The number of carbonyl (C=O) groups excluding carboxylic acids is 1. The molecule has 1 saturated carbocycles. The number of fused-ring (bicyclic) bond motifs is 1. The molecule has 2 heterocycles. The zero-order valence-corrected chi connectivity index (χ0v) is 19.5. The van der Waals surface area contributed by atoms with Crippen molar-refractivity contribution in [2.45, 2.75) is 38.6 Å². The summed E-state index contributed by atoms with van der Waals surface area (Å²) < 4.78 is 1.91. The Kier molecular flexibility index (Phi) is 6.58. The molecule has 1 aliphatic carbocycles. The molecule has 8 nitrogen and oxygen atoms in total. The summed E-state index contributed by atoms with van der Waals surface area (Å²) in [5.41, 5.74) is 4.64. The minimum absolute atomic E-state index is 0.0409. The van der Waals surface area contributed by atoms with Crippen LogP contribution in [0.5, 0.6) is 0 Å². The third-order valence-corrected chi connectivity index (χ3v) is 7.18. The van der Waals surface area contributed by atoms with E-state index >= 15 is 0 Å². The number of carboxylic acid groups (broad SMARTS) is 1. The van der Waals surface area contributed by atoms with E-state index in [9.17, 15) is 14.7 Å². The molecule has 0 unspecified atom stereocenters. The lowest BCUT2D eigenvalue weighted by Gasteiger charge is -2.37. The van der Waals surface area contributed by atoms with Crippen molar-refractivity contribution in [2.75, 3.05) is 42.9 Å². The number of carbonyl (C=O) groups is 1. The summed E-state index contributed by atoms with van der Waals surface area (Å²) >= 11 is 0. The second-order valence-corrected chi connectivity index (χ2v) is 9.56. The highest BCUT2D eigenvalue weighted by Gasteiger charge is 2.23. The first-order valence-electron chi connectivity index (χ1n) is 12.3. The zero-order valence-electron chi connectivity index (χ0n) is 19.5. The van der Waals surface area contributed by atoms with Crippen molar-refractivity contribution in [3.05, 3.63) is 52.9 Å². The third-order valence-electron chi connectivity index (χ3n) is 7.18. The number of aromatic amines is 1. The zero-order chi connectivity index (χ0) is 23.5. The molecule has 0 amide bonds. The van der Waals surface area contributed by atoms with Crippen molar-refractivity contribution in [1.29, 1.82) is 0 Å². The van der Waals surface area contributed by atoms with E-state index in [1.807, 2.05) is 45.9 Å². The monoisotopic (exact) mass is 462 g/mol. The van der Waals surface area contributed by atoms with Crippen LogP contribution in [0.1, 0.15) is 32.1 Å². The maximum absolute atomic E-state index is 12.9. The third kappa shape index (κ3) is 4.97. The lowest BCUT2D eigenvalue weighted by molar-refractivity contribution is -0.306. The molecule has 0 radical (unpaired) electrons. The molecule has 0 spiro atoms. The number of piperazine rings is 1. The van der Waals surface area contributed by atoms with Crippen LogP contribution in [0.4, 0.5) is 17.1 Å². The van der Waals surface area contributed by atoms with E-state index in [1.54, 1.807) is 0 Å². The quantitative estimate of drug-likeness (QED) is 0.560. The van der Waals surface area contributed by atoms with Gasteiger partial charge in [-0.3, -0.25) is 9.47 Å². The highest BCUT2D eigenvalue weighted by Crippen LogP contribution is 2.34. The molecule has 1 aliphatic heterocycles. The number of imidazole rings is 1. The van der Waals surface area contributed by atoms with E-state index in [2.05, 4.69) is 21.3 Å². The number of carboxylic acids is 1. The summed E-state index contributed by atoms with van der Waals surface area (Å²) in [6.45, 7) is 3.43. The number of rotatable bonds is 7. The Hall–Kier alpha value is -3.26. The molecule has 1 saturated heterocycles. The lowest BCUT2D eigenvalue weighted by atomic mass is 9.89. The Labute approximate surface area is 199 Å². The molecule has 2 N–H and O–H groups in total.